The number of methoxy groups -OCH3 is 2. The molecule has 2 aromatic carbocycles. The van der Waals surface area contributed by atoms with Gasteiger partial charge in [0.15, 0.2) is 5.57 Å². The van der Waals surface area contributed by atoms with Crippen LogP contribution in [0, 0.1) is 25.2 Å². The molecule has 1 aromatic heterocycles. The summed E-state index contributed by atoms with van der Waals surface area (Å²) in [7, 11) is 3.03. The van der Waals surface area contributed by atoms with E-state index >= 15 is 0 Å². The summed E-state index contributed by atoms with van der Waals surface area (Å²) < 4.78 is 12.4. The number of aryl methyl sites for hydroxylation is 2. The third kappa shape index (κ3) is 5.22. The minimum absolute atomic E-state index is 0.153. The number of rotatable bonds is 7. The molecular formula is C25H25N3O4S. The molecule has 0 radical (unpaired) electrons. The Hall–Kier alpha value is -3.67. The number of hydrogen-bond donors (Lipinski definition) is 1. The molecule has 3 aromatic rings. The second kappa shape index (κ2) is 10.8. The van der Waals surface area contributed by atoms with Crippen molar-refractivity contribution in [3.05, 3.63) is 78.7 Å². The van der Waals surface area contributed by atoms with Crippen LogP contribution in [0.5, 0.6) is 5.75 Å². The average molecular weight is 464 g/mol. The molecule has 7 nitrogen and oxygen atoms in total. The van der Waals surface area contributed by atoms with Gasteiger partial charge in [-0.15, -0.1) is 11.3 Å². The van der Waals surface area contributed by atoms with E-state index in [1.54, 1.807) is 30.3 Å². The zero-order chi connectivity index (χ0) is 24.0. The Kier molecular flexibility index (Phi) is 7.83. The molecule has 0 bridgehead atoms. The van der Waals surface area contributed by atoms with Crippen LogP contribution < -0.4 is 24.8 Å². The van der Waals surface area contributed by atoms with Crippen molar-refractivity contribution in [2.75, 3.05) is 27.4 Å². The van der Waals surface area contributed by atoms with Gasteiger partial charge < -0.3 is 14.8 Å². The molecule has 0 aliphatic rings. The Labute approximate surface area is 195 Å². The summed E-state index contributed by atoms with van der Waals surface area (Å²) in [6.45, 7) is 4.53. The number of nitrogens with one attached hydrogen (secondary N) is 1. The fourth-order valence-corrected chi connectivity index (χ4v) is 4.45. The Morgan fingerprint density at radius 2 is 1.97 bits per heavy atom. The van der Waals surface area contributed by atoms with Crippen molar-refractivity contribution >= 4 is 28.9 Å². The lowest BCUT2D eigenvalue weighted by Gasteiger charge is -2.09. The standard InChI is InChI=1S/C25H25N3O4S/c1-16-9-10-18(17(2)13-16)14-22-24(30)28(20-7-5-6-8-21(20)32-4)25(33-22)19(15-26)23(29)27-11-12-31-3/h5-10,13-14H,11-12H2,1-4H3,(H,27,29)/b22-14-,25-19-. The summed E-state index contributed by atoms with van der Waals surface area (Å²) in [5.41, 5.74) is 3.00. The maximum Gasteiger partial charge on any atom is 0.273 e. The molecule has 0 aliphatic heterocycles. The Balaban J connectivity index is 2.36. The van der Waals surface area contributed by atoms with E-state index in [0.717, 1.165) is 28.0 Å². The Bertz CT molecular complexity index is 1400. The van der Waals surface area contributed by atoms with Gasteiger partial charge in [-0.2, -0.15) is 5.26 Å². The monoisotopic (exact) mass is 463 g/mol. The van der Waals surface area contributed by atoms with Gasteiger partial charge in [0.25, 0.3) is 11.5 Å². The molecule has 33 heavy (non-hydrogen) atoms. The SMILES string of the molecule is COCCNC(=O)/C(C#N)=c1\s/c(=C\c2ccc(C)cc2C)c(=O)n1-c1ccccc1OC. The number of nitriles is 1. The average Bonchev–Trinajstić information content (AvgIpc) is 3.11. The smallest absolute Gasteiger partial charge is 0.273 e. The minimum Gasteiger partial charge on any atom is -0.495 e. The van der Waals surface area contributed by atoms with Crippen molar-refractivity contribution in [3.8, 4) is 17.5 Å². The number of ether oxygens (including phenoxy) is 2. The lowest BCUT2D eigenvalue weighted by molar-refractivity contribution is -0.115. The van der Waals surface area contributed by atoms with Crippen molar-refractivity contribution in [1.82, 2.24) is 9.88 Å². The lowest BCUT2D eigenvalue weighted by atomic mass is 10.1. The maximum atomic E-state index is 13.6. The quantitative estimate of drug-likeness (QED) is 0.540. The molecule has 1 heterocycles. The van der Waals surface area contributed by atoms with Crippen LogP contribution in [-0.2, 0) is 9.53 Å². The molecular weight excluding hydrogens is 438 g/mol. The van der Waals surface area contributed by atoms with Gasteiger partial charge in [0.05, 0.1) is 23.9 Å². The van der Waals surface area contributed by atoms with E-state index in [0.29, 0.717) is 22.6 Å². The van der Waals surface area contributed by atoms with Crippen LogP contribution in [0.25, 0.3) is 17.3 Å². The summed E-state index contributed by atoms with van der Waals surface area (Å²) >= 11 is 1.10. The van der Waals surface area contributed by atoms with E-state index in [1.807, 2.05) is 38.1 Å². The van der Waals surface area contributed by atoms with Crippen LogP contribution in [0.3, 0.4) is 0 Å². The molecule has 0 spiro atoms. The molecule has 8 heteroatoms. The molecule has 0 saturated heterocycles. The molecule has 0 unspecified atom stereocenters. The predicted octanol–water partition coefficient (Wildman–Crippen LogP) is 1.79. The number of benzene rings is 2. The van der Waals surface area contributed by atoms with Gasteiger partial charge in [-0.25, -0.2) is 0 Å². The van der Waals surface area contributed by atoms with Crippen LogP contribution >= 0.6 is 11.3 Å². The van der Waals surface area contributed by atoms with Gasteiger partial charge >= 0.3 is 0 Å². The second-order valence-electron chi connectivity index (χ2n) is 7.32. The highest BCUT2D eigenvalue weighted by Gasteiger charge is 2.18. The highest BCUT2D eigenvalue weighted by Crippen LogP contribution is 2.20. The number of aromatic nitrogens is 1. The van der Waals surface area contributed by atoms with E-state index in [2.05, 4.69) is 5.32 Å². The lowest BCUT2D eigenvalue weighted by Crippen LogP contribution is -2.35. The predicted molar refractivity (Wildman–Crippen MR) is 129 cm³/mol. The highest BCUT2D eigenvalue weighted by molar-refractivity contribution is 7.07. The van der Waals surface area contributed by atoms with Gasteiger partial charge in [0.2, 0.25) is 0 Å². The molecule has 0 atom stereocenters. The van der Waals surface area contributed by atoms with E-state index in [4.69, 9.17) is 9.47 Å². The Morgan fingerprint density at radius 3 is 2.64 bits per heavy atom. The van der Waals surface area contributed by atoms with E-state index in [1.165, 1.54) is 18.8 Å². The number of hydrogen-bond acceptors (Lipinski definition) is 6. The van der Waals surface area contributed by atoms with Gasteiger partial charge in [-0.05, 0) is 43.2 Å². The number of carbonyl (C=O) groups excluding carboxylic acids is 1. The number of amides is 1. The first-order chi connectivity index (χ1) is 15.9. The Morgan fingerprint density at radius 1 is 1.21 bits per heavy atom. The molecule has 1 amide bonds. The van der Waals surface area contributed by atoms with Crippen LogP contribution in [0.15, 0.2) is 47.3 Å². The van der Waals surface area contributed by atoms with Crippen molar-refractivity contribution in [1.29, 1.82) is 5.26 Å². The van der Waals surface area contributed by atoms with Gasteiger partial charge in [-0.1, -0.05) is 35.9 Å². The zero-order valence-electron chi connectivity index (χ0n) is 19.0. The van der Waals surface area contributed by atoms with Crippen LogP contribution in [0.4, 0.5) is 0 Å². The fraction of sp³-hybridized carbons (Fsp3) is 0.240. The summed E-state index contributed by atoms with van der Waals surface area (Å²) in [5, 5.41) is 12.5. The molecule has 0 aliphatic carbocycles. The van der Waals surface area contributed by atoms with Gasteiger partial charge in [-0.3, -0.25) is 14.2 Å². The molecule has 1 N–H and O–H groups in total. The second-order valence-corrected chi connectivity index (χ2v) is 8.35. The first kappa shape index (κ1) is 24.0. The van der Waals surface area contributed by atoms with E-state index in [9.17, 15) is 14.9 Å². The van der Waals surface area contributed by atoms with Crippen LogP contribution in [0.2, 0.25) is 0 Å². The number of thiazole rings is 1. The van der Waals surface area contributed by atoms with Crippen molar-refractivity contribution in [3.63, 3.8) is 0 Å². The van der Waals surface area contributed by atoms with Gasteiger partial charge in [0.1, 0.15) is 16.5 Å². The minimum atomic E-state index is -0.572. The van der Waals surface area contributed by atoms with Crippen LogP contribution in [-0.4, -0.2) is 37.8 Å². The van der Waals surface area contributed by atoms with Crippen LogP contribution in [0.1, 0.15) is 16.7 Å². The van der Waals surface area contributed by atoms with E-state index < -0.39 is 5.91 Å². The summed E-state index contributed by atoms with van der Waals surface area (Å²) in [5.74, 6) is -0.119. The fourth-order valence-electron chi connectivity index (χ4n) is 3.36. The number of nitrogens with zero attached hydrogens (tertiary/aromatic N) is 2. The maximum absolute atomic E-state index is 13.6. The number of carbonyl (C=O) groups is 1. The zero-order valence-corrected chi connectivity index (χ0v) is 19.8. The van der Waals surface area contributed by atoms with Crippen molar-refractivity contribution in [2.24, 2.45) is 0 Å². The summed E-state index contributed by atoms with van der Waals surface area (Å²) in [6, 6.07) is 14.9. The summed E-state index contributed by atoms with van der Waals surface area (Å²) in [4.78, 5) is 26.3. The van der Waals surface area contributed by atoms with Gasteiger partial charge in [0, 0.05) is 13.7 Å². The van der Waals surface area contributed by atoms with Crippen molar-refractivity contribution < 1.29 is 14.3 Å². The first-order valence-corrected chi connectivity index (χ1v) is 11.1. The highest BCUT2D eigenvalue weighted by atomic mass is 32.1. The van der Waals surface area contributed by atoms with Crippen molar-refractivity contribution in [2.45, 2.75) is 13.8 Å². The molecule has 0 saturated carbocycles. The molecule has 0 fully saturated rings. The molecule has 3 rings (SSSR count). The molecule has 170 valence electrons. The number of para-hydroxylation sites is 2. The third-order valence-corrected chi connectivity index (χ3v) is 6.10. The topological polar surface area (TPSA) is 93.4 Å². The normalized spacial score (nSPS) is 12.3. The van der Waals surface area contributed by atoms with E-state index in [-0.39, 0.29) is 22.3 Å². The summed E-state index contributed by atoms with van der Waals surface area (Å²) in [6.07, 6.45) is 1.79. The third-order valence-electron chi connectivity index (χ3n) is 5.01. The first-order valence-electron chi connectivity index (χ1n) is 10.3. The largest absolute Gasteiger partial charge is 0.495 e.